The molecule has 0 spiro atoms. The molecule has 3 rings (SSSR count). The summed E-state index contributed by atoms with van der Waals surface area (Å²) in [5.41, 5.74) is 5.17. The molecule has 0 bridgehead atoms. The Morgan fingerprint density at radius 2 is 1.94 bits per heavy atom. The van der Waals surface area contributed by atoms with E-state index in [9.17, 15) is 4.79 Å². The van der Waals surface area contributed by atoms with Crippen LogP contribution in [0.3, 0.4) is 0 Å². The monoisotopic (exact) mass is 434 g/mol. The van der Waals surface area contributed by atoms with E-state index < -0.39 is 0 Å². The van der Waals surface area contributed by atoms with Crippen molar-refractivity contribution in [1.29, 1.82) is 0 Å². The minimum atomic E-state index is -0.136. The molecule has 0 radical (unpaired) electrons. The van der Waals surface area contributed by atoms with Gasteiger partial charge in [0.2, 0.25) is 0 Å². The van der Waals surface area contributed by atoms with Crippen molar-refractivity contribution in [3.63, 3.8) is 0 Å². The van der Waals surface area contributed by atoms with Gasteiger partial charge in [0.15, 0.2) is 0 Å². The highest BCUT2D eigenvalue weighted by Gasteiger charge is 2.35. The molecule has 1 aliphatic rings. The van der Waals surface area contributed by atoms with Crippen LogP contribution in [-0.4, -0.2) is 29.2 Å². The molecule has 5 heteroatoms. The first kappa shape index (κ1) is 23.8. The lowest BCUT2D eigenvalue weighted by Crippen LogP contribution is -2.32. The van der Waals surface area contributed by atoms with Gasteiger partial charge in [0.05, 0.1) is 25.1 Å². The standard InChI is InChI=1S/C27H34N2O3/c1-5-27(6-2)14-15-32-25-16-20(4)21(17-24(25)27)12-13-23-19-28-22(18-29-23)10-8-9-11-26(30)31-7-3/h16-19H,5-11,14-15H2,1-4H3. The van der Waals surface area contributed by atoms with Crippen LogP contribution in [0.4, 0.5) is 0 Å². The maximum Gasteiger partial charge on any atom is 0.305 e. The van der Waals surface area contributed by atoms with Gasteiger partial charge in [-0.05, 0) is 76.0 Å². The van der Waals surface area contributed by atoms with Gasteiger partial charge >= 0.3 is 5.97 Å². The van der Waals surface area contributed by atoms with Crippen LogP contribution < -0.4 is 4.74 Å². The number of fused-ring (bicyclic) bond motifs is 1. The third kappa shape index (κ3) is 5.68. The summed E-state index contributed by atoms with van der Waals surface area (Å²) < 4.78 is 10.9. The molecule has 0 N–H and O–H groups in total. The molecule has 32 heavy (non-hydrogen) atoms. The summed E-state index contributed by atoms with van der Waals surface area (Å²) in [7, 11) is 0. The normalized spacial score (nSPS) is 14.0. The molecule has 0 aliphatic carbocycles. The average Bonchev–Trinajstić information content (AvgIpc) is 2.81. The third-order valence-electron chi connectivity index (χ3n) is 6.49. The van der Waals surface area contributed by atoms with E-state index in [1.807, 2.05) is 6.92 Å². The molecule has 0 amide bonds. The van der Waals surface area contributed by atoms with Crippen molar-refractivity contribution in [2.45, 2.75) is 78.1 Å². The van der Waals surface area contributed by atoms with Gasteiger partial charge in [0.1, 0.15) is 11.4 Å². The summed E-state index contributed by atoms with van der Waals surface area (Å²) >= 11 is 0. The summed E-state index contributed by atoms with van der Waals surface area (Å²) in [6, 6.07) is 4.35. The largest absolute Gasteiger partial charge is 0.493 e. The first-order valence-corrected chi connectivity index (χ1v) is 11.8. The molecular weight excluding hydrogens is 400 g/mol. The zero-order valence-electron chi connectivity index (χ0n) is 19.8. The molecule has 1 aromatic carbocycles. The lowest BCUT2D eigenvalue weighted by atomic mass is 9.71. The number of rotatable bonds is 8. The second-order valence-corrected chi connectivity index (χ2v) is 8.40. The van der Waals surface area contributed by atoms with Gasteiger partial charge < -0.3 is 9.47 Å². The first-order chi connectivity index (χ1) is 15.5. The van der Waals surface area contributed by atoms with Gasteiger partial charge in [-0.15, -0.1) is 0 Å². The van der Waals surface area contributed by atoms with Crippen molar-refractivity contribution in [2.24, 2.45) is 0 Å². The van der Waals surface area contributed by atoms with E-state index in [1.54, 1.807) is 12.4 Å². The Hall–Kier alpha value is -2.87. The van der Waals surface area contributed by atoms with Gasteiger partial charge in [0, 0.05) is 29.2 Å². The number of unbranched alkanes of at least 4 members (excludes halogenated alkanes) is 1. The molecule has 170 valence electrons. The van der Waals surface area contributed by atoms with Crippen molar-refractivity contribution in [1.82, 2.24) is 9.97 Å². The molecule has 0 saturated carbocycles. The first-order valence-electron chi connectivity index (χ1n) is 11.8. The fourth-order valence-corrected chi connectivity index (χ4v) is 4.31. The predicted octanol–water partition coefficient (Wildman–Crippen LogP) is 5.30. The molecule has 2 heterocycles. The Labute approximate surface area is 192 Å². The molecule has 0 fully saturated rings. The zero-order valence-corrected chi connectivity index (χ0v) is 19.8. The van der Waals surface area contributed by atoms with E-state index in [0.717, 1.165) is 67.7 Å². The number of carbonyl (C=O) groups is 1. The number of benzene rings is 1. The maximum absolute atomic E-state index is 11.4. The molecule has 1 aliphatic heterocycles. The van der Waals surface area contributed by atoms with E-state index in [-0.39, 0.29) is 11.4 Å². The summed E-state index contributed by atoms with van der Waals surface area (Å²) in [5.74, 6) is 7.35. The number of esters is 1. The highest BCUT2D eigenvalue weighted by atomic mass is 16.5. The molecule has 0 saturated heterocycles. The van der Waals surface area contributed by atoms with E-state index in [0.29, 0.717) is 18.7 Å². The lowest BCUT2D eigenvalue weighted by molar-refractivity contribution is -0.143. The van der Waals surface area contributed by atoms with Crippen LogP contribution in [0.25, 0.3) is 0 Å². The van der Waals surface area contributed by atoms with E-state index in [2.05, 4.69) is 54.7 Å². The highest BCUT2D eigenvalue weighted by Crippen LogP contribution is 2.44. The number of ether oxygens (including phenoxy) is 2. The van der Waals surface area contributed by atoms with Crippen molar-refractivity contribution in [3.8, 4) is 17.6 Å². The minimum absolute atomic E-state index is 0.136. The fraction of sp³-hybridized carbons (Fsp3) is 0.519. The van der Waals surface area contributed by atoms with E-state index >= 15 is 0 Å². The average molecular weight is 435 g/mol. The molecule has 1 aromatic heterocycles. The van der Waals surface area contributed by atoms with Crippen LogP contribution in [-0.2, 0) is 21.4 Å². The molecule has 2 aromatic rings. The molecule has 0 unspecified atom stereocenters. The number of hydrogen-bond donors (Lipinski definition) is 0. The summed E-state index contributed by atoms with van der Waals surface area (Å²) in [5, 5.41) is 0. The van der Waals surface area contributed by atoms with Gasteiger partial charge in [-0.25, -0.2) is 4.98 Å². The zero-order chi connectivity index (χ0) is 23.0. The SMILES string of the molecule is CCOC(=O)CCCCc1cnc(C#Cc2cc3c(cc2C)OCCC3(CC)CC)cn1. The topological polar surface area (TPSA) is 61.3 Å². The Bertz CT molecular complexity index is 982. The molecule has 0 atom stereocenters. The Balaban J connectivity index is 1.67. The highest BCUT2D eigenvalue weighted by molar-refractivity contribution is 5.69. The summed E-state index contributed by atoms with van der Waals surface area (Å²) in [6.07, 6.45) is 9.67. The van der Waals surface area contributed by atoms with Crippen LogP contribution in [0.15, 0.2) is 24.5 Å². The van der Waals surface area contributed by atoms with Crippen LogP contribution in [0, 0.1) is 18.8 Å². The van der Waals surface area contributed by atoms with Crippen LogP contribution >= 0.6 is 0 Å². The summed E-state index contributed by atoms with van der Waals surface area (Å²) in [4.78, 5) is 20.3. The second-order valence-electron chi connectivity index (χ2n) is 8.40. The Morgan fingerprint density at radius 3 is 2.62 bits per heavy atom. The van der Waals surface area contributed by atoms with Crippen LogP contribution in [0.5, 0.6) is 5.75 Å². The van der Waals surface area contributed by atoms with Crippen molar-refractivity contribution in [2.75, 3.05) is 13.2 Å². The molecule has 5 nitrogen and oxygen atoms in total. The van der Waals surface area contributed by atoms with Gasteiger partial charge in [-0.3, -0.25) is 9.78 Å². The van der Waals surface area contributed by atoms with Gasteiger partial charge in [-0.2, -0.15) is 0 Å². The van der Waals surface area contributed by atoms with Gasteiger partial charge in [-0.1, -0.05) is 19.8 Å². The van der Waals surface area contributed by atoms with Crippen molar-refractivity contribution < 1.29 is 14.3 Å². The third-order valence-corrected chi connectivity index (χ3v) is 6.49. The lowest BCUT2D eigenvalue weighted by Gasteiger charge is -2.38. The number of hydrogen-bond acceptors (Lipinski definition) is 5. The van der Waals surface area contributed by atoms with Crippen molar-refractivity contribution >= 4 is 5.97 Å². The quantitative estimate of drug-likeness (QED) is 0.320. The fourth-order valence-electron chi connectivity index (χ4n) is 4.31. The number of nitrogens with zero attached hydrogens (tertiary/aromatic N) is 2. The molecular formula is C27H34N2O3. The van der Waals surface area contributed by atoms with Crippen LogP contribution in [0.1, 0.15) is 87.4 Å². The second kappa shape index (κ2) is 11.1. The number of carbonyl (C=O) groups excluding carboxylic acids is 1. The van der Waals surface area contributed by atoms with E-state index in [4.69, 9.17) is 9.47 Å². The number of aromatic nitrogens is 2. The van der Waals surface area contributed by atoms with Crippen molar-refractivity contribution in [3.05, 3.63) is 52.6 Å². The van der Waals surface area contributed by atoms with E-state index in [1.165, 1.54) is 5.56 Å². The predicted molar refractivity (Wildman–Crippen MR) is 126 cm³/mol. The summed E-state index contributed by atoms with van der Waals surface area (Å²) in [6.45, 7) is 9.64. The smallest absolute Gasteiger partial charge is 0.305 e. The maximum atomic E-state index is 11.4. The van der Waals surface area contributed by atoms with Crippen LogP contribution in [0.2, 0.25) is 0 Å². The minimum Gasteiger partial charge on any atom is -0.493 e. The Morgan fingerprint density at radius 1 is 1.12 bits per heavy atom. The van der Waals surface area contributed by atoms with Gasteiger partial charge in [0.25, 0.3) is 0 Å². The Kier molecular flexibility index (Phi) is 8.27. The number of aryl methyl sites for hydroxylation is 2.